The summed E-state index contributed by atoms with van der Waals surface area (Å²) in [6.07, 6.45) is 0. The zero-order valence-corrected chi connectivity index (χ0v) is 19.0. The predicted octanol–water partition coefficient (Wildman–Crippen LogP) is 5.39. The highest BCUT2D eigenvalue weighted by molar-refractivity contribution is 6.37. The van der Waals surface area contributed by atoms with E-state index in [-0.39, 0.29) is 40.7 Å². The first kappa shape index (κ1) is 21.8. The van der Waals surface area contributed by atoms with Crippen molar-refractivity contribution in [2.24, 2.45) is 5.73 Å². The van der Waals surface area contributed by atoms with Gasteiger partial charge in [-0.25, -0.2) is 0 Å². The van der Waals surface area contributed by atoms with Gasteiger partial charge in [-0.1, -0.05) is 41.4 Å². The van der Waals surface area contributed by atoms with Gasteiger partial charge in [0.1, 0.15) is 24.0 Å². The molecule has 0 fully saturated rings. The lowest BCUT2D eigenvalue weighted by Crippen LogP contribution is -2.21. The molecule has 0 amide bonds. The molecular weight excluding hydrogens is 477 g/mol. The van der Waals surface area contributed by atoms with Gasteiger partial charge >= 0.3 is 0 Å². The number of nitriles is 2. The van der Waals surface area contributed by atoms with Crippen LogP contribution in [0.15, 0.2) is 60.0 Å². The van der Waals surface area contributed by atoms with E-state index in [4.69, 9.17) is 47.9 Å². The number of allylic oxidation sites excluding steroid dienone is 1. The fourth-order valence-electron chi connectivity index (χ4n) is 3.98. The zero-order chi connectivity index (χ0) is 23.8. The van der Waals surface area contributed by atoms with Gasteiger partial charge in [-0.05, 0) is 29.8 Å². The van der Waals surface area contributed by atoms with Crippen LogP contribution in [0.2, 0.25) is 10.0 Å². The van der Waals surface area contributed by atoms with E-state index in [0.29, 0.717) is 39.5 Å². The van der Waals surface area contributed by atoms with Crippen LogP contribution in [0.25, 0.3) is 0 Å². The molecule has 0 bridgehead atoms. The fourth-order valence-corrected chi connectivity index (χ4v) is 4.59. The lowest BCUT2D eigenvalue weighted by molar-refractivity contribution is 0.174. The second-order valence-electron chi connectivity index (χ2n) is 7.54. The molecule has 3 aromatic carbocycles. The number of ether oxygens (including phenoxy) is 4. The standard InChI is InChI=1S/C25H15Cl2N3O4/c26-18-5-15(6-19(27)24(18)31-11-14-4-2-1-3-13(14)9-28)23-16-7-21-22(33-12-32-21)8-20(16)34-25(30)17(23)10-29/h1-8,23H,11-12,30H2/t23-/m1/s1. The summed E-state index contributed by atoms with van der Waals surface area (Å²) in [6.45, 7) is 0.206. The number of benzene rings is 3. The number of hydrogen-bond donors (Lipinski definition) is 1. The van der Waals surface area contributed by atoms with Crippen molar-refractivity contribution in [2.75, 3.05) is 6.79 Å². The first-order valence-electron chi connectivity index (χ1n) is 10.1. The van der Waals surface area contributed by atoms with Crippen molar-refractivity contribution in [3.8, 4) is 35.1 Å². The summed E-state index contributed by atoms with van der Waals surface area (Å²) in [4.78, 5) is 0. The Bertz CT molecular complexity index is 1420. The number of nitrogens with two attached hydrogens (primary N) is 1. The van der Waals surface area contributed by atoms with Crippen LogP contribution in [-0.4, -0.2) is 6.79 Å². The minimum absolute atomic E-state index is 0.0143. The Hall–Kier alpha value is -4.04. The molecule has 34 heavy (non-hydrogen) atoms. The van der Waals surface area contributed by atoms with Gasteiger partial charge in [-0.3, -0.25) is 0 Å². The summed E-state index contributed by atoms with van der Waals surface area (Å²) in [5.74, 6) is 1.19. The minimum atomic E-state index is -0.591. The maximum absolute atomic E-state index is 9.82. The van der Waals surface area contributed by atoms with Crippen molar-refractivity contribution in [3.05, 3.63) is 92.3 Å². The van der Waals surface area contributed by atoms with E-state index < -0.39 is 5.92 Å². The Morgan fingerprint density at radius 2 is 1.68 bits per heavy atom. The van der Waals surface area contributed by atoms with Gasteiger partial charge in [-0.2, -0.15) is 10.5 Å². The van der Waals surface area contributed by atoms with Crippen LogP contribution in [0.4, 0.5) is 0 Å². The van der Waals surface area contributed by atoms with E-state index in [1.807, 2.05) is 6.07 Å². The van der Waals surface area contributed by atoms with Crippen LogP contribution in [0.1, 0.15) is 28.2 Å². The quantitative estimate of drug-likeness (QED) is 0.520. The largest absolute Gasteiger partial charge is 0.486 e. The molecule has 168 valence electrons. The molecule has 0 saturated heterocycles. The summed E-state index contributed by atoms with van der Waals surface area (Å²) in [6, 6.07) is 18.2. The molecule has 2 aliphatic heterocycles. The molecule has 2 heterocycles. The third kappa shape index (κ3) is 3.72. The molecular formula is C25H15Cl2N3O4. The number of nitrogens with zero attached hydrogens (tertiary/aromatic N) is 2. The number of halogens is 2. The number of fused-ring (bicyclic) bond motifs is 2. The Kier molecular flexibility index (Phi) is 5.59. The second kappa shape index (κ2) is 8.72. The molecule has 0 spiro atoms. The number of rotatable bonds is 4. The normalized spacial score (nSPS) is 15.7. The van der Waals surface area contributed by atoms with E-state index in [2.05, 4.69) is 12.1 Å². The Morgan fingerprint density at radius 1 is 0.971 bits per heavy atom. The van der Waals surface area contributed by atoms with Gasteiger partial charge < -0.3 is 24.7 Å². The predicted molar refractivity (Wildman–Crippen MR) is 124 cm³/mol. The zero-order valence-electron chi connectivity index (χ0n) is 17.5. The summed E-state index contributed by atoms with van der Waals surface area (Å²) >= 11 is 13.1. The molecule has 2 N–H and O–H groups in total. The highest BCUT2D eigenvalue weighted by atomic mass is 35.5. The van der Waals surface area contributed by atoms with Crippen LogP contribution in [0.3, 0.4) is 0 Å². The van der Waals surface area contributed by atoms with Crippen molar-refractivity contribution < 1.29 is 18.9 Å². The van der Waals surface area contributed by atoms with Gasteiger partial charge in [-0.15, -0.1) is 0 Å². The Balaban J connectivity index is 1.53. The van der Waals surface area contributed by atoms with Gasteiger partial charge in [0.15, 0.2) is 17.2 Å². The summed E-state index contributed by atoms with van der Waals surface area (Å²) in [7, 11) is 0. The average Bonchev–Trinajstić information content (AvgIpc) is 3.28. The van der Waals surface area contributed by atoms with Gasteiger partial charge in [0, 0.05) is 17.2 Å². The van der Waals surface area contributed by atoms with Crippen molar-refractivity contribution in [2.45, 2.75) is 12.5 Å². The average molecular weight is 492 g/mol. The number of hydrogen-bond acceptors (Lipinski definition) is 7. The van der Waals surface area contributed by atoms with Crippen molar-refractivity contribution in [3.63, 3.8) is 0 Å². The lowest BCUT2D eigenvalue weighted by atomic mass is 9.83. The summed E-state index contributed by atoms with van der Waals surface area (Å²) in [5.41, 5.74) is 8.79. The monoisotopic (exact) mass is 491 g/mol. The molecule has 0 saturated carbocycles. The third-order valence-electron chi connectivity index (χ3n) is 5.57. The van der Waals surface area contributed by atoms with E-state index in [1.165, 1.54) is 0 Å². The second-order valence-corrected chi connectivity index (χ2v) is 8.35. The lowest BCUT2D eigenvalue weighted by Gasteiger charge is -2.27. The maximum Gasteiger partial charge on any atom is 0.231 e. The van der Waals surface area contributed by atoms with E-state index in [9.17, 15) is 10.5 Å². The molecule has 0 aliphatic carbocycles. The highest BCUT2D eigenvalue weighted by Crippen LogP contribution is 2.49. The SMILES string of the molecule is N#CC1=C(N)Oc2cc3c(cc2[C@H]1c1cc(Cl)c(OCc2ccccc2C#N)c(Cl)c1)OCO3. The summed E-state index contributed by atoms with van der Waals surface area (Å²) in [5, 5.41) is 19.6. The highest BCUT2D eigenvalue weighted by Gasteiger charge is 2.34. The third-order valence-corrected chi connectivity index (χ3v) is 6.14. The first-order chi connectivity index (χ1) is 16.5. The van der Waals surface area contributed by atoms with Gasteiger partial charge in [0.25, 0.3) is 0 Å². The molecule has 7 nitrogen and oxygen atoms in total. The van der Waals surface area contributed by atoms with Crippen molar-refractivity contribution in [1.29, 1.82) is 10.5 Å². The fraction of sp³-hybridized carbons (Fsp3) is 0.120. The van der Waals surface area contributed by atoms with Gasteiger partial charge in [0.05, 0.1) is 27.6 Å². The Labute approximate surface area is 205 Å². The summed E-state index contributed by atoms with van der Waals surface area (Å²) < 4.78 is 22.5. The maximum atomic E-state index is 9.82. The molecule has 9 heteroatoms. The molecule has 5 rings (SSSR count). The van der Waals surface area contributed by atoms with Crippen LogP contribution in [0.5, 0.6) is 23.0 Å². The molecule has 3 aromatic rings. The van der Waals surface area contributed by atoms with Crippen LogP contribution < -0.4 is 24.7 Å². The topological polar surface area (TPSA) is 111 Å². The minimum Gasteiger partial charge on any atom is -0.486 e. The van der Waals surface area contributed by atoms with E-state index >= 15 is 0 Å². The van der Waals surface area contributed by atoms with Gasteiger partial charge in [0.2, 0.25) is 12.7 Å². The van der Waals surface area contributed by atoms with Crippen molar-refractivity contribution in [1.82, 2.24) is 0 Å². The molecule has 2 aliphatic rings. The molecule has 0 radical (unpaired) electrons. The molecule has 1 atom stereocenters. The van der Waals surface area contributed by atoms with Crippen molar-refractivity contribution >= 4 is 23.2 Å². The smallest absolute Gasteiger partial charge is 0.231 e. The van der Waals surface area contributed by atoms with E-state index in [1.54, 1.807) is 42.5 Å². The van der Waals surface area contributed by atoms with Crippen LogP contribution in [-0.2, 0) is 6.61 Å². The van der Waals surface area contributed by atoms with Crippen LogP contribution in [0, 0.1) is 22.7 Å². The molecule has 0 aromatic heterocycles. The van der Waals surface area contributed by atoms with Crippen LogP contribution >= 0.6 is 23.2 Å². The van der Waals surface area contributed by atoms with E-state index in [0.717, 1.165) is 0 Å². The first-order valence-corrected chi connectivity index (χ1v) is 10.9. The Morgan fingerprint density at radius 3 is 2.38 bits per heavy atom. The molecule has 0 unspecified atom stereocenters.